The number of methoxy groups -OCH3 is 1. The monoisotopic (exact) mass is 331 g/mol. The van der Waals surface area contributed by atoms with Crippen LogP contribution in [-0.2, 0) is 17.9 Å². The molecule has 6 nitrogen and oxygen atoms in total. The van der Waals surface area contributed by atoms with E-state index in [2.05, 4.69) is 10.1 Å². The van der Waals surface area contributed by atoms with Gasteiger partial charge in [0.05, 0.1) is 7.11 Å². The number of esters is 1. The van der Waals surface area contributed by atoms with Gasteiger partial charge in [-0.1, -0.05) is 11.6 Å². The van der Waals surface area contributed by atoms with E-state index in [1.54, 1.807) is 0 Å². The summed E-state index contributed by atoms with van der Waals surface area (Å²) in [6, 6.07) is 4.44. The second-order valence-electron chi connectivity index (χ2n) is 4.17. The van der Waals surface area contributed by atoms with E-state index in [0.717, 1.165) is 11.0 Å². The van der Waals surface area contributed by atoms with E-state index in [4.69, 9.17) is 21.1 Å². The maximum atomic E-state index is 12.4. The van der Waals surface area contributed by atoms with Gasteiger partial charge in [0.25, 0.3) is 6.43 Å². The summed E-state index contributed by atoms with van der Waals surface area (Å²) < 4.78 is 35.8. The highest BCUT2D eigenvalue weighted by molar-refractivity contribution is 6.30. The number of aromatic nitrogens is 3. The predicted molar refractivity (Wildman–Crippen MR) is 73.1 cm³/mol. The minimum Gasteiger partial charge on any atom is -0.496 e. The van der Waals surface area contributed by atoms with Gasteiger partial charge in [0, 0.05) is 5.02 Å². The first-order chi connectivity index (χ1) is 10.5. The average molecular weight is 332 g/mol. The third-order valence-corrected chi connectivity index (χ3v) is 2.96. The van der Waals surface area contributed by atoms with Crippen LogP contribution in [0.5, 0.6) is 5.75 Å². The fraction of sp³-hybridized carbons (Fsp3) is 0.308. The van der Waals surface area contributed by atoms with Crippen molar-refractivity contribution < 1.29 is 23.0 Å². The molecule has 0 amide bonds. The molecule has 0 saturated carbocycles. The minimum atomic E-state index is -2.58. The van der Waals surface area contributed by atoms with Gasteiger partial charge in [-0.05, 0) is 18.2 Å². The lowest BCUT2D eigenvalue weighted by atomic mass is 10.2. The molecule has 0 aliphatic heterocycles. The van der Waals surface area contributed by atoms with Crippen LogP contribution in [-0.4, -0.2) is 34.3 Å². The van der Waals surface area contributed by atoms with Crippen LogP contribution in [0.1, 0.15) is 16.2 Å². The Hall–Kier alpha value is -2.22. The molecular formula is C13H12ClF2N3O3. The first kappa shape index (κ1) is 16.2. The van der Waals surface area contributed by atoms with Crippen molar-refractivity contribution in [3.63, 3.8) is 0 Å². The molecule has 0 aliphatic carbocycles. The zero-order chi connectivity index (χ0) is 16.1. The zero-order valence-corrected chi connectivity index (χ0v) is 12.3. The van der Waals surface area contributed by atoms with E-state index in [1.165, 1.54) is 25.3 Å². The van der Waals surface area contributed by atoms with Crippen LogP contribution >= 0.6 is 11.6 Å². The van der Waals surface area contributed by atoms with E-state index in [9.17, 15) is 13.6 Å². The summed E-state index contributed by atoms with van der Waals surface area (Å²) in [5.41, 5.74) is 0.173. The molecule has 1 aromatic heterocycles. The van der Waals surface area contributed by atoms with Crippen LogP contribution in [0.3, 0.4) is 0 Å². The van der Waals surface area contributed by atoms with Gasteiger partial charge in [0.1, 0.15) is 24.2 Å². The van der Waals surface area contributed by atoms with E-state index in [1.807, 2.05) is 0 Å². The van der Waals surface area contributed by atoms with Crippen molar-refractivity contribution >= 4 is 17.6 Å². The number of ether oxygens (including phenoxy) is 2. The number of hydrogen-bond donors (Lipinski definition) is 0. The van der Waals surface area contributed by atoms with Crippen molar-refractivity contribution in [2.24, 2.45) is 0 Å². The van der Waals surface area contributed by atoms with Crippen molar-refractivity contribution in [1.82, 2.24) is 14.8 Å². The average Bonchev–Trinajstić information content (AvgIpc) is 2.91. The molecule has 0 spiro atoms. The molecule has 1 aromatic carbocycles. The van der Waals surface area contributed by atoms with Crippen molar-refractivity contribution in [1.29, 1.82) is 0 Å². The van der Waals surface area contributed by atoms with Crippen LogP contribution in [0.25, 0.3) is 0 Å². The van der Waals surface area contributed by atoms with E-state index in [-0.39, 0.29) is 23.7 Å². The number of nitrogens with zero attached hydrogens (tertiary/aromatic N) is 3. The maximum Gasteiger partial charge on any atom is 0.342 e. The number of carbonyl (C=O) groups is 1. The summed E-state index contributed by atoms with van der Waals surface area (Å²) in [5, 5.41) is 4.05. The molecule has 0 N–H and O–H groups in total. The maximum absolute atomic E-state index is 12.4. The molecule has 0 fully saturated rings. The highest BCUT2D eigenvalue weighted by Crippen LogP contribution is 2.24. The first-order valence-corrected chi connectivity index (χ1v) is 6.54. The summed E-state index contributed by atoms with van der Waals surface area (Å²) in [4.78, 5) is 15.8. The molecule has 0 radical (unpaired) electrons. The second-order valence-corrected chi connectivity index (χ2v) is 4.61. The fourth-order valence-electron chi connectivity index (χ4n) is 1.72. The van der Waals surface area contributed by atoms with Crippen molar-refractivity contribution in [3.8, 4) is 5.75 Å². The molecule has 9 heteroatoms. The van der Waals surface area contributed by atoms with Gasteiger partial charge in [-0.3, -0.25) is 0 Å². The normalized spacial score (nSPS) is 10.8. The Bertz CT molecular complexity index is 664. The summed E-state index contributed by atoms with van der Waals surface area (Å²) in [6.07, 6.45) is -1.46. The summed E-state index contributed by atoms with van der Waals surface area (Å²) in [7, 11) is 1.39. The quantitative estimate of drug-likeness (QED) is 0.761. The molecule has 0 atom stereocenters. The lowest BCUT2D eigenvalue weighted by Crippen LogP contribution is -2.15. The summed E-state index contributed by atoms with van der Waals surface area (Å²) >= 11 is 5.80. The SMILES string of the molecule is COc1cc(Cl)ccc1C(=O)OCc1ncnn1CC(F)F. The molecule has 118 valence electrons. The fourth-order valence-corrected chi connectivity index (χ4v) is 1.89. The molecule has 1 heterocycles. The highest BCUT2D eigenvalue weighted by atomic mass is 35.5. The standard InChI is InChI=1S/C13H12ClF2N3O3/c1-21-10-4-8(14)2-3-9(10)13(20)22-6-12-17-7-18-19(12)5-11(15)16/h2-4,7,11H,5-6H2,1H3. The largest absolute Gasteiger partial charge is 0.496 e. The third-order valence-electron chi connectivity index (χ3n) is 2.72. The number of benzene rings is 1. The van der Waals surface area contributed by atoms with Crippen molar-refractivity contribution in [2.45, 2.75) is 19.6 Å². The van der Waals surface area contributed by atoms with Gasteiger partial charge in [-0.15, -0.1) is 0 Å². The molecule has 0 aliphatic rings. The first-order valence-electron chi connectivity index (χ1n) is 6.16. The third kappa shape index (κ3) is 3.91. The predicted octanol–water partition coefficient (Wildman–Crippen LogP) is 2.56. The van der Waals surface area contributed by atoms with Gasteiger partial charge < -0.3 is 9.47 Å². The van der Waals surface area contributed by atoms with Gasteiger partial charge in [-0.2, -0.15) is 5.10 Å². The van der Waals surface area contributed by atoms with E-state index in [0.29, 0.717) is 5.02 Å². The Kier molecular flexibility index (Phi) is 5.26. The van der Waals surface area contributed by atoms with Gasteiger partial charge in [0.15, 0.2) is 12.4 Å². The summed E-state index contributed by atoms with van der Waals surface area (Å²) in [6.45, 7) is -0.894. The Morgan fingerprint density at radius 2 is 2.23 bits per heavy atom. The highest BCUT2D eigenvalue weighted by Gasteiger charge is 2.16. The van der Waals surface area contributed by atoms with E-state index >= 15 is 0 Å². The molecule has 0 bridgehead atoms. The molecular weight excluding hydrogens is 320 g/mol. The Morgan fingerprint density at radius 1 is 1.45 bits per heavy atom. The van der Waals surface area contributed by atoms with Crippen LogP contribution < -0.4 is 4.74 Å². The van der Waals surface area contributed by atoms with Crippen LogP contribution in [0.15, 0.2) is 24.5 Å². The molecule has 22 heavy (non-hydrogen) atoms. The Balaban J connectivity index is 2.06. The van der Waals surface area contributed by atoms with Crippen LogP contribution in [0, 0.1) is 0 Å². The number of hydrogen-bond acceptors (Lipinski definition) is 5. The Morgan fingerprint density at radius 3 is 2.91 bits per heavy atom. The summed E-state index contributed by atoms with van der Waals surface area (Å²) in [5.74, 6) is -0.298. The smallest absolute Gasteiger partial charge is 0.342 e. The van der Waals surface area contributed by atoms with Crippen LogP contribution in [0.4, 0.5) is 8.78 Å². The van der Waals surface area contributed by atoms with Crippen molar-refractivity contribution in [3.05, 3.63) is 40.9 Å². The van der Waals surface area contributed by atoms with Gasteiger partial charge >= 0.3 is 5.97 Å². The number of carbonyl (C=O) groups excluding carboxylic acids is 1. The molecule has 2 aromatic rings. The Labute approximate surface area is 129 Å². The topological polar surface area (TPSA) is 66.2 Å². The zero-order valence-electron chi connectivity index (χ0n) is 11.5. The second kappa shape index (κ2) is 7.17. The lowest BCUT2D eigenvalue weighted by Gasteiger charge is -2.09. The number of rotatable bonds is 6. The minimum absolute atomic E-state index is 0.126. The van der Waals surface area contributed by atoms with Gasteiger partial charge in [-0.25, -0.2) is 23.2 Å². The van der Waals surface area contributed by atoms with E-state index < -0.39 is 18.9 Å². The lowest BCUT2D eigenvalue weighted by molar-refractivity contribution is 0.0446. The molecule has 0 saturated heterocycles. The van der Waals surface area contributed by atoms with Crippen LogP contribution in [0.2, 0.25) is 5.02 Å². The number of halogens is 3. The van der Waals surface area contributed by atoms with Gasteiger partial charge in [0.2, 0.25) is 0 Å². The van der Waals surface area contributed by atoms with Crippen molar-refractivity contribution in [2.75, 3.05) is 7.11 Å². The molecule has 2 rings (SSSR count). The molecule has 0 unspecified atom stereocenters. The number of alkyl halides is 2.